The summed E-state index contributed by atoms with van der Waals surface area (Å²) >= 11 is 0. The number of halogens is 5. The summed E-state index contributed by atoms with van der Waals surface area (Å²) in [4.78, 5) is 14.6. The van der Waals surface area contributed by atoms with Crippen LogP contribution in [-0.4, -0.2) is 24.2 Å². The van der Waals surface area contributed by atoms with Crippen molar-refractivity contribution < 1.29 is 41.3 Å². The number of carbonyl (C=O) groups is 1. The molecule has 3 aromatic carbocycles. The normalized spacial score (nSPS) is 18.1. The van der Waals surface area contributed by atoms with Crippen molar-refractivity contribution in [3.05, 3.63) is 94.6 Å². The molecule has 0 saturated carbocycles. The van der Waals surface area contributed by atoms with Crippen molar-refractivity contribution >= 4 is 17.3 Å². The Hall–Kier alpha value is -3.34. The number of anilines is 2. The summed E-state index contributed by atoms with van der Waals surface area (Å²) in [5.74, 6) is -4.92. The fraction of sp³-hybridized carbons (Fsp3) is 0.240. The van der Waals surface area contributed by atoms with E-state index in [1.165, 1.54) is 42.5 Å². The van der Waals surface area contributed by atoms with Crippen LogP contribution in [0.15, 0.2) is 60.7 Å². The predicted octanol–water partition coefficient (Wildman–Crippen LogP) is 5.33. The van der Waals surface area contributed by atoms with Crippen molar-refractivity contribution in [1.82, 2.24) is 0 Å². The second kappa shape index (κ2) is 8.40. The van der Waals surface area contributed by atoms with Gasteiger partial charge in [0, 0.05) is 11.6 Å². The number of benzene rings is 3. The highest BCUT2D eigenvalue weighted by atomic mass is 19.4. The highest BCUT2D eigenvalue weighted by Crippen LogP contribution is 2.49. The molecule has 0 aliphatic carbocycles. The van der Waals surface area contributed by atoms with Crippen molar-refractivity contribution in [1.29, 1.82) is 0 Å². The van der Waals surface area contributed by atoms with Gasteiger partial charge < -0.3 is 14.6 Å². The molecule has 0 bridgehead atoms. The molecule has 5 nitrogen and oxygen atoms in total. The maximum Gasteiger partial charge on any atom is 0.416 e. The van der Waals surface area contributed by atoms with Gasteiger partial charge in [0.2, 0.25) is 0 Å². The van der Waals surface area contributed by atoms with Gasteiger partial charge in [0.1, 0.15) is 6.10 Å². The van der Waals surface area contributed by atoms with Crippen LogP contribution in [0.25, 0.3) is 0 Å². The summed E-state index contributed by atoms with van der Waals surface area (Å²) in [6, 6.07) is 11.7. The number of ether oxygens (including phenoxy) is 2. The average Bonchev–Trinajstić information content (AvgIpc) is 3.07. The Morgan fingerprint density at radius 2 is 1.66 bits per heavy atom. The van der Waals surface area contributed by atoms with E-state index >= 15 is 0 Å². The molecule has 5 rings (SSSR count). The lowest BCUT2D eigenvalue weighted by atomic mass is 9.93. The Morgan fingerprint density at radius 3 is 2.34 bits per heavy atom. The van der Waals surface area contributed by atoms with Gasteiger partial charge in [-0.1, -0.05) is 24.3 Å². The number of hydrogen-bond acceptors (Lipinski definition) is 4. The third-order valence-corrected chi connectivity index (χ3v) is 6.04. The highest BCUT2D eigenvalue weighted by Gasteiger charge is 2.55. The molecule has 10 heteroatoms. The van der Waals surface area contributed by atoms with E-state index in [2.05, 4.69) is 0 Å². The Balaban J connectivity index is 1.64. The first-order chi connectivity index (χ1) is 16.6. The van der Waals surface area contributed by atoms with Crippen LogP contribution in [0.2, 0.25) is 0 Å². The second-order valence-electron chi connectivity index (χ2n) is 8.17. The number of amides is 1. The number of nitrogens with zero attached hydrogens (tertiary/aromatic N) is 1. The molecule has 1 saturated heterocycles. The number of alkyl halides is 3. The molecule has 1 fully saturated rings. The van der Waals surface area contributed by atoms with Gasteiger partial charge in [0.05, 0.1) is 30.2 Å². The highest BCUT2D eigenvalue weighted by molar-refractivity contribution is 6.11. The minimum atomic E-state index is -4.69. The van der Waals surface area contributed by atoms with Crippen LogP contribution in [0, 0.1) is 11.6 Å². The Kier molecular flexibility index (Phi) is 5.62. The van der Waals surface area contributed by atoms with Gasteiger partial charge in [-0.25, -0.2) is 8.78 Å². The molecule has 1 spiro atoms. The molecule has 2 aliphatic rings. The van der Waals surface area contributed by atoms with Crippen molar-refractivity contribution in [3.8, 4) is 0 Å². The lowest BCUT2D eigenvalue weighted by Gasteiger charge is -2.32. The van der Waals surface area contributed by atoms with Crippen molar-refractivity contribution in [2.45, 2.75) is 24.5 Å². The van der Waals surface area contributed by atoms with Crippen LogP contribution in [0.3, 0.4) is 0 Å². The maximum atomic E-state index is 14.0. The first-order valence-electron chi connectivity index (χ1n) is 10.7. The van der Waals surface area contributed by atoms with Gasteiger partial charge >= 0.3 is 6.18 Å². The van der Waals surface area contributed by atoms with E-state index in [4.69, 9.17) is 9.47 Å². The number of fused-ring (bicyclic) bond motifs is 2. The molecule has 3 aromatic rings. The zero-order valence-electron chi connectivity index (χ0n) is 18.0. The topological polar surface area (TPSA) is 59.0 Å². The van der Waals surface area contributed by atoms with Crippen LogP contribution in [0.5, 0.6) is 0 Å². The fourth-order valence-corrected chi connectivity index (χ4v) is 4.42. The molecule has 0 unspecified atom stereocenters. The first kappa shape index (κ1) is 23.4. The van der Waals surface area contributed by atoms with Crippen LogP contribution < -0.4 is 4.90 Å². The number of aliphatic hydroxyl groups is 1. The fourth-order valence-electron chi connectivity index (χ4n) is 4.42. The van der Waals surface area contributed by atoms with Gasteiger partial charge in [-0.2, -0.15) is 13.2 Å². The van der Waals surface area contributed by atoms with E-state index in [9.17, 15) is 31.9 Å². The van der Waals surface area contributed by atoms with Gasteiger partial charge in [-0.3, -0.25) is 9.69 Å². The lowest BCUT2D eigenvalue weighted by molar-refractivity contribution is -0.256. The number of aliphatic hydroxyl groups excluding tert-OH is 1. The van der Waals surface area contributed by atoms with E-state index in [1.54, 1.807) is 0 Å². The molecule has 2 heterocycles. The summed E-state index contributed by atoms with van der Waals surface area (Å²) in [6.45, 7) is 0.307. The second-order valence-corrected chi connectivity index (χ2v) is 8.17. The van der Waals surface area contributed by atoms with Crippen LogP contribution in [0.1, 0.15) is 34.8 Å². The van der Waals surface area contributed by atoms with Gasteiger partial charge in [0.15, 0.2) is 11.6 Å². The number of rotatable bonds is 3. The Morgan fingerprint density at radius 1 is 0.943 bits per heavy atom. The standard InChI is InChI=1S/C25H18F5NO4/c26-19-8-7-15(13-20(19)27)31-21-9-6-14(12-18(21)24(23(31)33)34-10-3-11-35-24)22(32)16-4-1-2-5-17(16)25(28,29)30/h1-2,4-9,12-13,22,32H,3,10-11H2/t22-/m0/s1. The maximum absolute atomic E-state index is 14.0. The van der Waals surface area contributed by atoms with E-state index in [0.29, 0.717) is 6.42 Å². The van der Waals surface area contributed by atoms with Crippen LogP contribution in [-0.2, 0) is 26.2 Å². The van der Waals surface area contributed by atoms with Gasteiger partial charge in [-0.15, -0.1) is 0 Å². The molecule has 0 radical (unpaired) electrons. The summed E-state index contributed by atoms with van der Waals surface area (Å²) in [5.41, 5.74) is -0.914. The largest absolute Gasteiger partial charge is 0.416 e. The third kappa shape index (κ3) is 3.78. The van der Waals surface area contributed by atoms with Crippen molar-refractivity contribution in [2.75, 3.05) is 18.1 Å². The molecule has 35 heavy (non-hydrogen) atoms. The molecule has 182 valence electrons. The van der Waals surface area contributed by atoms with Crippen molar-refractivity contribution in [2.24, 2.45) is 0 Å². The third-order valence-electron chi connectivity index (χ3n) is 6.04. The van der Waals surface area contributed by atoms with Crippen LogP contribution in [0.4, 0.5) is 33.3 Å². The summed E-state index contributed by atoms with van der Waals surface area (Å²) in [6.07, 6.45) is -5.87. The number of hydrogen-bond donors (Lipinski definition) is 1. The van der Waals surface area contributed by atoms with Crippen molar-refractivity contribution in [3.63, 3.8) is 0 Å². The number of carbonyl (C=O) groups excluding carboxylic acids is 1. The molecule has 1 atom stereocenters. The molecular formula is C25H18F5NO4. The SMILES string of the molecule is O=C1N(c2ccc(F)c(F)c2)c2ccc([C@H](O)c3ccccc3C(F)(F)F)cc2C12OCCCO2. The summed E-state index contributed by atoms with van der Waals surface area (Å²) < 4.78 is 79.5. The van der Waals surface area contributed by atoms with Gasteiger partial charge in [0.25, 0.3) is 11.7 Å². The lowest BCUT2D eigenvalue weighted by Crippen LogP contribution is -2.46. The minimum Gasteiger partial charge on any atom is -0.384 e. The summed E-state index contributed by atoms with van der Waals surface area (Å²) in [7, 11) is 0. The van der Waals surface area contributed by atoms with E-state index < -0.39 is 41.2 Å². The molecule has 1 N–H and O–H groups in total. The molecule has 0 aromatic heterocycles. The summed E-state index contributed by atoms with van der Waals surface area (Å²) in [5, 5.41) is 10.9. The zero-order chi connectivity index (χ0) is 25.0. The molecule has 2 aliphatic heterocycles. The average molecular weight is 491 g/mol. The van der Waals surface area contributed by atoms with E-state index in [1.807, 2.05) is 0 Å². The smallest absolute Gasteiger partial charge is 0.384 e. The Labute approximate surface area is 196 Å². The quantitative estimate of drug-likeness (QED) is 0.503. The first-order valence-corrected chi connectivity index (χ1v) is 10.7. The molecular weight excluding hydrogens is 473 g/mol. The minimum absolute atomic E-state index is 0.0144. The monoisotopic (exact) mass is 491 g/mol. The Bertz CT molecular complexity index is 1300. The predicted molar refractivity (Wildman–Crippen MR) is 114 cm³/mol. The van der Waals surface area contributed by atoms with Gasteiger partial charge in [-0.05, 0) is 47.9 Å². The zero-order valence-corrected chi connectivity index (χ0v) is 18.0. The van der Waals surface area contributed by atoms with E-state index in [0.717, 1.165) is 23.1 Å². The van der Waals surface area contributed by atoms with E-state index in [-0.39, 0.29) is 41.3 Å². The molecule has 1 amide bonds. The van der Waals surface area contributed by atoms with Crippen LogP contribution >= 0.6 is 0 Å².